The van der Waals surface area contributed by atoms with Gasteiger partial charge in [-0.1, -0.05) is 24.3 Å². The summed E-state index contributed by atoms with van der Waals surface area (Å²) in [4.78, 5) is 18.2. The summed E-state index contributed by atoms with van der Waals surface area (Å²) in [6.07, 6.45) is 5.20. The number of hydrogen-bond acceptors (Lipinski definition) is 4. The SMILES string of the molecule is N#Cc1c(N2CCCCC2)ncc2c1-c1ccccc1C2=C=O. The highest BCUT2D eigenvalue weighted by Gasteiger charge is 2.30. The van der Waals surface area contributed by atoms with Crippen molar-refractivity contribution in [2.24, 2.45) is 0 Å². The normalized spacial score (nSPS) is 15.6. The lowest BCUT2D eigenvalue weighted by Crippen LogP contribution is -2.31. The van der Waals surface area contributed by atoms with Crippen LogP contribution in [0.25, 0.3) is 16.7 Å². The zero-order valence-electron chi connectivity index (χ0n) is 12.7. The van der Waals surface area contributed by atoms with Gasteiger partial charge in [-0.2, -0.15) is 5.26 Å². The Hall–Kier alpha value is -2.89. The molecule has 0 unspecified atom stereocenters. The molecule has 0 N–H and O–H groups in total. The molecule has 1 aromatic heterocycles. The van der Waals surface area contributed by atoms with E-state index in [4.69, 9.17) is 0 Å². The lowest BCUT2D eigenvalue weighted by molar-refractivity contribution is 0.569. The van der Waals surface area contributed by atoms with Crippen molar-refractivity contribution in [1.82, 2.24) is 4.98 Å². The molecular formula is C19H15N3O. The van der Waals surface area contributed by atoms with Crippen LogP contribution in [0.2, 0.25) is 0 Å². The first-order chi connectivity index (χ1) is 11.3. The van der Waals surface area contributed by atoms with Crippen LogP contribution >= 0.6 is 0 Å². The molecule has 0 radical (unpaired) electrons. The van der Waals surface area contributed by atoms with Crippen LogP contribution < -0.4 is 4.90 Å². The van der Waals surface area contributed by atoms with Gasteiger partial charge in [0.15, 0.2) is 0 Å². The molecular weight excluding hydrogens is 286 g/mol. The highest BCUT2D eigenvalue weighted by atomic mass is 16.1. The van der Waals surface area contributed by atoms with Gasteiger partial charge in [-0.15, -0.1) is 0 Å². The molecule has 2 aromatic rings. The number of nitrogens with zero attached hydrogens (tertiary/aromatic N) is 3. The number of piperidine rings is 1. The molecule has 0 atom stereocenters. The maximum atomic E-state index is 11.4. The number of pyridine rings is 1. The van der Waals surface area contributed by atoms with Crippen molar-refractivity contribution in [3.8, 4) is 17.2 Å². The van der Waals surface area contributed by atoms with Gasteiger partial charge < -0.3 is 4.90 Å². The van der Waals surface area contributed by atoms with Gasteiger partial charge in [-0.3, -0.25) is 0 Å². The second-order valence-corrected chi connectivity index (χ2v) is 5.93. The van der Waals surface area contributed by atoms with E-state index in [2.05, 4.69) is 16.0 Å². The van der Waals surface area contributed by atoms with Crippen molar-refractivity contribution in [3.05, 3.63) is 47.2 Å². The minimum Gasteiger partial charge on any atom is -0.356 e. The van der Waals surface area contributed by atoms with Crippen LogP contribution in [0.15, 0.2) is 30.5 Å². The van der Waals surface area contributed by atoms with Crippen LogP contribution in [0, 0.1) is 11.3 Å². The molecule has 1 saturated heterocycles. The third-order valence-corrected chi connectivity index (χ3v) is 4.66. The standard InChI is InChI=1S/C19H15N3O/c20-10-15-18-14-7-3-2-6-13(14)17(12-23)16(18)11-21-19(15)22-8-4-1-5-9-22/h2-3,6-7,11H,1,4-5,8-9H2. The van der Waals surface area contributed by atoms with Crippen LogP contribution in [-0.4, -0.2) is 24.0 Å². The molecule has 1 fully saturated rings. The number of rotatable bonds is 1. The monoisotopic (exact) mass is 301 g/mol. The molecule has 1 aromatic carbocycles. The average molecular weight is 301 g/mol. The molecule has 0 spiro atoms. The van der Waals surface area contributed by atoms with Gasteiger partial charge in [0.25, 0.3) is 0 Å². The maximum absolute atomic E-state index is 11.4. The zero-order valence-corrected chi connectivity index (χ0v) is 12.7. The van der Waals surface area contributed by atoms with E-state index in [0.29, 0.717) is 11.1 Å². The van der Waals surface area contributed by atoms with E-state index in [1.165, 1.54) is 6.42 Å². The Labute approximate surface area is 134 Å². The fourth-order valence-corrected chi connectivity index (χ4v) is 3.60. The van der Waals surface area contributed by atoms with Crippen molar-refractivity contribution in [2.45, 2.75) is 19.3 Å². The Morgan fingerprint density at radius 3 is 2.48 bits per heavy atom. The van der Waals surface area contributed by atoms with E-state index < -0.39 is 0 Å². The van der Waals surface area contributed by atoms with Crippen molar-refractivity contribution < 1.29 is 4.79 Å². The molecule has 2 aliphatic rings. The molecule has 112 valence electrons. The molecule has 0 bridgehead atoms. The van der Waals surface area contributed by atoms with Crippen LogP contribution in [0.5, 0.6) is 0 Å². The molecule has 1 aliphatic carbocycles. The second-order valence-electron chi connectivity index (χ2n) is 5.93. The summed E-state index contributed by atoms with van der Waals surface area (Å²) in [6.45, 7) is 1.86. The molecule has 4 heteroatoms. The first kappa shape index (κ1) is 13.8. The number of fused-ring (bicyclic) bond motifs is 3. The summed E-state index contributed by atoms with van der Waals surface area (Å²) < 4.78 is 0. The van der Waals surface area contributed by atoms with Gasteiger partial charge in [0.2, 0.25) is 0 Å². The minimum atomic E-state index is 0.504. The average Bonchev–Trinajstić information content (AvgIpc) is 2.95. The van der Waals surface area contributed by atoms with E-state index in [0.717, 1.165) is 54.0 Å². The fraction of sp³-hybridized carbons (Fsp3) is 0.263. The number of aromatic nitrogens is 1. The van der Waals surface area contributed by atoms with Crippen LogP contribution in [0.3, 0.4) is 0 Å². The highest BCUT2D eigenvalue weighted by Crippen LogP contribution is 2.46. The van der Waals surface area contributed by atoms with Gasteiger partial charge in [-0.25, -0.2) is 9.78 Å². The summed E-state index contributed by atoms with van der Waals surface area (Å²) in [5.41, 5.74) is 4.40. The van der Waals surface area contributed by atoms with Gasteiger partial charge in [-0.05, 0) is 24.8 Å². The minimum absolute atomic E-state index is 0.504. The Bertz CT molecular complexity index is 882. The van der Waals surface area contributed by atoms with Crippen LogP contribution in [-0.2, 0) is 4.79 Å². The smallest absolute Gasteiger partial charge is 0.147 e. The largest absolute Gasteiger partial charge is 0.356 e. The van der Waals surface area contributed by atoms with E-state index in [1.807, 2.05) is 30.2 Å². The molecule has 23 heavy (non-hydrogen) atoms. The van der Waals surface area contributed by atoms with E-state index in [1.54, 1.807) is 6.20 Å². The number of anilines is 1. The molecule has 4 rings (SSSR count). The Morgan fingerprint density at radius 1 is 1.04 bits per heavy atom. The van der Waals surface area contributed by atoms with Gasteiger partial charge in [0.05, 0.1) is 5.57 Å². The fourth-order valence-electron chi connectivity index (χ4n) is 3.60. The third-order valence-electron chi connectivity index (χ3n) is 4.66. The molecule has 0 saturated carbocycles. The topological polar surface area (TPSA) is 57.0 Å². The first-order valence-electron chi connectivity index (χ1n) is 7.88. The first-order valence-corrected chi connectivity index (χ1v) is 7.88. The van der Waals surface area contributed by atoms with Gasteiger partial charge >= 0.3 is 0 Å². The highest BCUT2D eigenvalue weighted by molar-refractivity contribution is 6.11. The summed E-state index contributed by atoms with van der Waals surface area (Å²) in [7, 11) is 0. The Kier molecular flexibility index (Phi) is 3.22. The van der Waals surface area contributed by atoms with E-state index in [-0.39, 0.29) is 0 Å². The number of carbonyl (C=O) groups excluding carboxylic acids is 1. The summed E-state index contributed by atoms with van der Waals surface area (Å²) >= 11 is 0. The molecule has 0 amide bonds. The van der Waals surface area contributed by atoms with Crippen LogP contribution in [0.1, 0.15) is 36.0 Å². The lowest BCUT2D eigenvalue weighted by Gasteiger charge is -2.29. The van der Waals surface area contributed by atoms with E-state index >= 15 is 0 Å². The summed E-state index contributed by atoms with van der Waals surface area (Å²) in [5, 5.41) is 9.77. The molecule has 2 heterocycles. The quantitative estimate of drug-likeness (QED) is 0.648. The molecule has 1 aliphatic heterocycles. The van der Waals surface area contributed by atoms with Crippen LogP contribution in [0.4, 0.5) is 5.82 Å². The van der Waals surface area contributed by atoms with Crippen molar-refractivity contribution in [3.63, 3.8) is 0 Å². The number of benzene rings is 1. The van der Waals surface area contributed by atoms with E-state index in [9.17, 15) is 10.1 Å². The van der Waals surface area contributed by atoms with Gasteiger partial charge in [0.1, 0.15) is 23.4 Å². The number of nitriles is 1. The predicted octanol–water partition coefficient (Wildman–Crippen LogP) is 3.19. The summed E-state index contributed by atoms with van der Waals surface area (Å²) in [6, 6.07) is 10.0. The number of hydrogen-bond donors (Lipinski definition) is 0. The second kappa shape index (κ2) is 5.39. The Balaban J connectivity index is 1.98. The maximum Gasteiger partial charge on any atom is 0.147 e. The van der Waals surface area contributed by atoms with Crippen molar-refractivity contribution in [2.75, 3.05) is 18.0 Å². The predicted molar refractivity (Wildman–Crippen MR) is 88.7 cm³/mol. The molecule has 4 nitrogen and oxygen atoms in total. The van der Waals surface area contributed by atoms with Crippen molar-refractivity contribution >= 4 is 17.3 Å². The zero-order chi connectivity index (χ0) is 15.8. The Morgan fingerprint density at radius 2 is 1.78 bits per heavy atom. The summed E-state index contributed by atoms with van der Waals surface area (Å²) in [5.74, 6) is 2.77. The third kappa shape index (κ3) is 1.98. The van der Waals surface area contributed by atoms with Gasteiger partial charge in [0, 0.05) is 36.0 Å². The van der Waals surface area contributed by atoms with Crippen molar-refractivity contribution in [1.29, 1.82) is 5.26 Å². The lowest BCUT2D eigenvalue weighted by atomic mass is 10.0.